The molecule has 5 heteroatoms. The van der Waals surface area contributed by atoms with Crippen LogP contribution in [0.5, 0.6) is 0 Å². The van der Waals surface area contributed by atoms with Gasteiger partial charge in [-0.05, 0) is 24.8 Å². The maximum absolute atomic E-state index is 11.5. The fourth-order valence-corrected chi connectivity index (χ4v) is 4.33. The number of ether oxygens (including phenoxy) is 1. The van der Waals surface area contributed by atoms with Crippen LogP contribution in [0.25, 0.3) is 0 Å². The number of sulfone groups is 1. The number of nitrogens with one attached hydrogen (secondary N) is 1. The minimum Gasteiger partial charge on any atom is -0.385 e. The van der Waals surface area contributed by atoms with E-state index in [1.54, 1.807) is 7.11 Å². The van der Waals surface area contributed by atoms with Crippen molar-refractivity contribution in [2.75, 3.05) is 38.3 Å². The topological polar surface area (TPSA) is 55.4 Å². The molecule has 1 saturated heterocycles. The Morgan fingerprint density at radius 2 is 2.20 bits per heavy atom. The lowest BCUT2D eigenvalue weighted by Gasteiger charge is -2.27. The molecule has 1 N–H and O–H groups in total. The largest absolute Gasteiger partial charge is 0.385 e. The minimum atomic E-state index is -2.81. The van der Waals surface area contributed by atoms with Gasteiger partial charge >= 0.3 is 0 Å². The molecule has 0 aromatic carbocycles. The zero-order chi connectivity index (χ0) is 11.4. The summed E-state index contributed by atoms with van der Waals surface area (Å²) < 4.78 is 28.1. The molecular weight excluding hydrogens is 214 g/mol. The van der Waals surface area contributed by atoms with Gasteiger partial charge in [-0.25, -0.2) is 8.42 Å². The zero-order valence-electron chi connectivity index (χ0n) is 9.58. The van der Waals surface area contributed by atoms with E-state index in [4.69, 9.17) is 4.74 Å². The van der Waals surface area contributed by atoms with Gasteiger partial charge < -0.3 is 10.1 Å². The average molecular weight is 235 g/mol. The third-order valence-electron chi connectivity index (χ3n) is 3.06. The smallest absolute Gasteiger partial charge is 0.150 e. The summed E-state index contributed by atoms with van der Waals surface area (Å²) in [4.78, 5) is 0. The Kier molecular flexibility index (Phi) is 4.55. The van der Waals surface area contributed by atoms with Gasteiger partial charge in [0, 0.05) is 20.3 Å². The Labute approximate surface area is 92.3 Å². The van der Waals surface area contributed by atoms with Crippen molar-refractivity contribution in [3.8, 4) is 0 Å². The molecule has 0 bridgehead atoms. The van der Waals surface area contributed by atoms with Gasteiger partial charge in [0.1, 0.15) is 0 Å². The monoisotopic (exact) mass is 235 g/mol. The predicted octanol–water partition coefficient (Wildman–Crippen LogP) is 0.437. The van der Waals surface area contributed by atoms with E-state index in [0.717, 1.165) is 25.9 Å². The van der Waals surface area contributed by atoms with Crippen LogP contribution >= 0.6 is 0 Å². The third-order valence-corrected chi connectivity index (χ3v) is 4.93. The maximum atomic E-state index is 11.5. The van der Waals surface area contributed by atoms with Crippen LogP contribution in [0.2, 0.25) is 0 Å². The molecule has 15 heavy (non-hydrogen) atoms. The van der Waals surface area contributed by atoms with Gasteiger partial charge in [-0.3, -0.25) is 0 Å². The van der Waals surface area contributed by atoms with E-state index in [2.05, 4.69) is 5.32 Å². The number of methoxy groups -OCH3 is 1. The molecule has 90 valence electrons. The lowest BCUT2D eigenvalue weighted by atomic mass is 9.84. The van der Waals surface area contributed by atoms with Crippen molar-refractivity contribution in [1.82, 2.24) is 5.32 Å². The molecule has 1 aliphatic rings. The Morgan fingerprint density at radius 1 is 1.47 bits per heavy atom. The highest BCUT2D eigenvalue weighted by molar-refractivity contribution is 7.91. The number of rotatable bonds is 6. The summed E-state index contributed by atoms with van der Waals surface area (Å²) in [6.07, 6.45) is 1.60. The summed E-state index contributed by atoms with van der Waals surface area (Å²) in [5.41, 5.74) is -0.0924. The second-order valence-electron chi connectivity index (χ2n) is 4.37. The SMILES string of the molecule is CCNCC1(CCOC)CCS(=O)(=O)C1. The molecule has 0 saturated carbocycles. The van der Waals surface area contributed by atoms with Crippen molar-refractivity contribution < 1.29 is 13.2 Å². The average Bonchev–Trinajstić information content (AvgIpc) is 2.49. The summed E-state index contributed by atoms with van der Waals surface area (Å²) in [7, 11) is -1.15. The first-order valence-corrected chi connectivity index (χ1v) is 7.26. The molecule has 0 spiro atoms. The van der Waals surface area contributed by atoms with Gasteiger partial charge in [0.2, 0.25) is 0 Å². The van der Waals surface area contributed by atoms with Crippen molar-refractivity contribution >= 4 is 9.84 Å². The van der Waals surface area contributed by atoms with Crippen molar-refractivity contribution in [2.45, 2.75) is 19.8 Å². The number of hydrogen-bond acceptors (Lipinski definition) is 4. The minimum absolute atomic E-state index is 0.0924. The number of hydrogen-bond donors (Lipinski definition) is 1. The Balaban J connectivity index is 2.61. The molecule has 1 aliphatic heterocycles. The van der Waals surface area contributed by atoms with Crippen LogP contribution in [0.3, 0.4) is 0 Å². The summed E-state index contributed by atoms with van der Waals surface area (Å²) >= 11 is 0. The van der Waals surface area contributed by atoms with Crippen LogP contribution in [0, 0.1) is 5.41 Å². The summed E-state index contributed by atoms with van der Waals surface area (Å²) in [5, 5.41) is 3.26. The summed E-state index contributed by atoms with van der Waals surface area (Å²) in [5.74, 6) is 0.651. The fourth-order valence-electron chi connectivity index (χ4n) is 2.12. The van der Waals surface area contributed by atoms with Crippen molar-refractivity contribution in [3.63, 3.8) is 0 Å². The predicted molar refractivity (Wildman–Crippen MR) is 60.7 cm³/mol. The Bertz CT molecular complexity index is 279. The molecule has 0 aliphatic carbocycles. The van der Waals surface area contributed by atoms with Crippen LogP contribution in [-0.2, 0) is 14.6 Å². The highest BCUT2D eigenvalue weighted by Gasteiger charge is 2.41. The van der Waals surface area contributed by atoms with E-state index >= 15 is 0 Å². The lowest BCUT2D eigenvalue weighted by molar-refractivity contribution is 0.145. The molecule has 1 unspecified atom stereocenters. The first kappa shape index (κ1) is 12.9. The van der Waals surface area contributed by atoms with Gasteiger partial charge in [-0.15, -0.1) is 0 Å². The lowest BCUT2D eigenvalue weighted by Crippen LogP contribution is -2.36. The first-order valence-electron chi connectivity index (χ1n) is 5.44. The highest BCUT2D eigenvalue weighted by atomic mass is 32.2. The van der Waals surface area contributed by atoms with E-state index in [1.165, 1.54) is 0 Å². The quantitative estimate of drug-likeness (QED) is 0.726. The van der Waals surface area contributed by atoms with E-state index in [1.807, 2.05) is 6.92 Å². The van der Waals surface area contributed by atoms with Crippen molar-refractivity contribution in [2.24, 2.45) is 5.41 Å². The van der Waals surface area contributed by atoms with Crippen LogP contribution in [0.4, 0.5) is 0 Å². The van der Waals surface area contributed by atoms with E-state index in [9.17, 15) is 8.42 Å². The molecule has 1 rings (SSSR count). The van der Waals surface area contributed by atoms with Gasteiger partial charge in [-0.2, -0.15) is 0 Å². The fraction of sp³-hybridized carbons (Fsp3) is 1.00. The standard InChI is InChI=1S/C10H21NO3S/c1-3-11-8-10(4-6-14-2)5-7-15(12,13)9-10/h11H,3-9H2,1-2H3. The van der Waals surface area contributed by atoms with Gasteiger partial charge in [-0.1, -0.05) is 6.92 Å². The van der Waals surface area contributed by atoms with E-state index < -0.39 is 9.84 Å². The Morgan fingerprint density at radius 3 is 2.67 bits per heavy atom. The van der Waals surface area contributed by atoms with Crippen LogP contribution in [0.15, 0.2) is 0 Å². The molecule has 1 atom stereocenters. The van der Waals surface area contributed by atoms with Gasteiger partial charge in [0.05, 0.1) is 11.5 Å². The third kappa shape index (κ3) is 3.74. The molecule has 0 amide bonds. The summed E-state index contributed by atoms with van der Waals surface area (Å²) in [6, 6.07) is 0. The van der Waals surface area contributed by atoms with Crippen LogP contribution in [0.1, 0.15) is 19.8 Å². The molecule has 0 radical (unpaired) electrons. The first-order chi connectivity index (χ1) is 7.04. The molecular formula is C10H21NO3S. The van der Waals surface area contributed by atoms with Gasteiger partial charge in [0.25, 0.3) is 0 Å². The normalized spacial score (nSPS) is 29.5. The highest BCUT2D eigenvalue weighted by Crippen LogP contribution is 2.35. The van der Waals surface area contributed by atoms with E-state index in [-0.39, 0.29) is 5.41 Å². The second-order valence-corrected chi connectivity index (χ2v) is 6.55. The summed E-state index contributed by atoms with van der Waals surface area (Å²) in [6.45, 7) is 4.34. The second kappa shape index (κ2) is 5.27. The zero-order valence-corrected chi connectivity index (χ0v) is 10.4. The molecule has 1 heterocycles. The van der Waals surface area contributed by atoms with Crippen molar-refractivity contribution in [3.05, 3.63) is 0 Å². The molecule has 0 aromatic heterocycles. The van der Waals surface area contributed by atoms with Gasteiger partial charge in [0.15, 0.2) is 9.84 Å². The van der Waals surface area contributed by atoms with Crippen LogP contribution in [-0.4, -0.2) is 46.7 Å². The van der Waals surface area contributed by atoms with E-state index in [0.29, 0.717) is 18.1 Å². The molecule has 1 fully saturated rings. The molecule has 0 aromatic rings. The Hall–Kier alpha value is -0.130. The van der Waals surface area contributed by atoms with Crippen LogP contribution < -0.4 is 5.32 Å². The molecule has 4 nitrogen and oxygen atoms in total. The van der Waals surface area contributed by atoms with Crippen molar-refractivity contribution in [1.29, 1.82) is 0 Å². The maximum Gasteiger partial charge on any atom is 0.150 e.